The molecule has 21 heavy (non-hydrogen) atoms. The number of aromatic nitrogens is 4. The highest BCUT2D eigenvalue weighted by Gasteiger charge is 2.08. The summed E-state index contributed by atoms with van der Waals surface area (Å²) < 4.78 is 1.95. The van der Waals surface area contributed by atoms with Gasteiger partial charge in [0.1, 0.15) is 5.15 Å². The number of rotatable bonds is 4. The highest BCUT2D eigenvalue weighted by atomic mass is 35.5. The van der Waals surface area contributed by atoms with Crippen molar-refractivity contribution in [2.24, 2.45) is 0 Å². The molecule has 3 rings (SSSR count). The quantitative estimate of drug-likeness (QED) is 0.753. The van der Waals surface area contributed by atoms with Crippen molar-refractivity contribution in [2.45, 2.75) is 13.0 Å². The van der Waals surface area contributed by atoms with Crippen LogP contribution in [0.4, 0.5) is 0 Å². The standard InChI is InChI=1S/C15H16ClN5/c1-10(6-17-2)21-9-12(8-19-21)11-5-14-13(18-7-11)3-4-15(16)20-14/h3-5,7-10,17H,6H2,1-2H3. The van der Waals surface area contributed by atoms with Gasteiger partial charge in [-0.25, -0.2) is 4.98 Å². The summed E-state index contributed by atoms with van der Waals surface area (Å²) >= 11 is 5.94. The summed E-state index contributed by atoms with van der Waals surface area (Å²) in [5.41, 5.74) is 3.63. The van der Waals surface area contributed by atoms with Gasteiger partial charge in [0.2, 0.25) is 0 Å². The molecule has 6 heteroatoms. The van der Waals surface area contributed by atoms with Crippen molar-refractivity contribution in [2.75, 3.05) is 13.6 Å². The van der Waals surface area contributed by atoms with E-state index in [0.717, 1.165) is 28.7 Å². The van der Waals surface area contributed by atoms with Gasteiger partial charge in [-0.1, -0.05) is 11.6 Å². The minimum atomic E-state index is 0.296. The van der Waals surface area contributed by atoms with E-state index in [-0.39, 0.29) is 0 Å². The van der Waals surface area contributed by atoms with Crippen LogP contribution in [-0.2, 0) is 0 Å². The lowest BCUT2D eigenvalue weighted by Gasteiger charge is -2.10. The third kappa shape index (κ3) is 2.89. The molecule has 0 aliphatic carbocycles. The Morgan fingerprint density at radius 3 is 2.90 bits per heavy atom. The Balaban J connectivity index is 1.96. The molecule has 0 aromatic carbocycles. The van der Waals surface area contributed by atoms with Gasteiger partial charge in [-0.05, 0) is 32.2 Å². The van der Waals surface area contributed by atoms with E-state index in [2.05, 4.69) is 27.3 Å². The van der Waals surface area contributed by atoms with E-state index >= 15 is 0 Å². The molecule has 3 aromatic heterocycles. The second-order valence-corrected chi connectivity index (χ2v) is 5.40. The summed E-state index contributed by atoms with van der Waals surface area (Å²) in [6.45, 7) is 2.99. The van der Waals surface area contributed by atoms with Crippen LogP contribution in [0.25, 0.3) is 22.2 Å². The summed E-state index contributed by atoms with van der Waals surface area (Å²) in [4.78, 5) is 8.72. The van der Waals surface area contributed by atoms with Crippen LogP contribution in [-0.4, -0.2) is 33.3 Å². The van der Waals surface area contributed by atoms with Crippen LogP contribution in [0, 0.1) is 0 Å². The first-order chi connectivity index (χ1) is 10.2. The number of hydrogen-bond acceptors (Lipinski definition) is 4. The number of nitrogens with one attached hydrogen (secondary N) is 1. The topological polar surface area (TPSA) is 55.6 Å². The maximum absolute atomic E-state index is 5.94. The first-order valence-corrected chi connectivity index (χ1v) is 7.16. The second kappa shape index (κ2) is 5.79. The van der Waals surface area contributed by atoms with E-state index in [9.17, 15) is 0 Å². The Bertz CT molecular complexity index is 768. The maximum atomic E-state index is 5.94. The van der Waals surface area contributed by atoms with Crippen LogP contribution in [0.5, 0.6) is 0 Å². The van der Waals surface area contributed by atoms with Gasteiger partial charge in [-0.2, -0.15) is 5.10 Å². The van der Waals surface area contributed by atoms with Crippen molar-refractivity contribution in [1.82, 2.24) is 25.1 Å². The number of hydrogen-bond donors (Lipinski definition) is 1. The molecule has 108 valence electrons. The fraction of sp³-hybridized carbons (Fsp3) is 0.267. The van der Waals surface area contributed by atoms with Crippen LogP contribution >= 0.6 is 11.6 Å². The number of nitrogens with zero attached hydrogens (tertiary/aromatic N) is 4. The monoisotopic (exact) mass is 301 g/mol. The molecule has 0 aliphatic heterocycles. The van der Waals surface area contributed by atoms with E-state index in [1.54, 1.807) is 6.07 Å². The Labute approximate surface area is 128 Å². The first kappa shape index (κ1) is 14.0. The molecule has 0 bridgehead atoms. The van der Waals surface area contributed by atoms with Gasteiger partial charge >= 0.3 is 0 Å². The second-order valence-electron chi connectivity index (χ2n) is 5.01. The van der Waals surface area contributed by atoms with Crippen molar-refractivity contribution in [1.29, 1.82) is 0 Å². The molecule has 1 unspecified atom stereocenters. The van der Waals surface area contributed by atoms with Crippen LogP contribution in [0.15, 0.2) is 36.8 Å². The van der Waals surface area contributed by atoms with Crippen LogP contribution in [0.3, 0.4) is 0 Å². The normalized spacial score (nSPS) is 12.7. The zero-order valence-corrected chi connectivity index (χ0v) is 12.7. The number of pyridine rings is 2. The molecule has 1 atom stereocenters. The third-order valence-corrected chi connectivity index (χ3v) is 3.60. The molecule has 5 nitrogen and oxygen atoms in total. The minimum absolute atomic E-state index is 0.296. The lowest BCUT2D eigenvalue weighted by atomic mass is 10.1. The molecule has 0 amide bonds. The van der Waals surface area contributed by atoms with Gasteiger partial charge in [0.15, 0.2) is 0 Å². The molecule has 3 aromatic rings. The Kier molecular flexibility index (Phi) is 3.86. The van der Waals surface area contributed by atoms with Gasteiger partial charge in [0.25, 0.3) is 0 Å². The zero-order chi connectivity index (χ0) is 14.8. The van der Waals surface area contributed by atoms with Gasteiger partial charge < -0.3 is 5.32 Å². The average Bonchev–Trinajstić information content (AvgIpc) is 2.96. The van der Waals surface area contributed by atoms with Crippen molar-refractivity contribution in [3.63, 3.8) is 0 Å². The maximum Gasteiger partial charge on any atom is 0.129 e. The summed E-state index contributed by atoms with van der Waals surface area (Å²) in [6, 6.07) is 5.89. The van der Waals surface area contributed by atoms with E-state index in [0.29, 0.717) is 11.2 Å². The molecule has 0 spiro atoms. The van der Waals surface area contributed by atoms with E-state index in [1.165, 1.54) is 0 Å². The summed E-state index contributed by atoms with van der Waals surface area (Å²) in [5.74, 6) is 0. The lowest BCUT2D eigenvalue weighted by Crippen LogP contribution is -2.20. The van der Waals surface area contributed by atoms with E-state index < -0.39 is 0 Å². The highest BCUT2D eigenvalue weighted by Crippen LogP contribution is 2.23. The number of fused-ring (bicyclic) bond motifs is 1. The first-order valence-electron chi connectivity index (χ1n) is 6.79. The highest BCUT2D eigenvalue weighted by molar-refractivity contribution is 6.29. The average molecular weight is 302 g/mol. The SMILES string of the molecule is CNCC(C)n1cc(-c2cnc3ccc(Cl)nc3c2)cn1. The van der Waals surface area contributed by atoms with Crippen molar-refractivity contribution in [3.05, 3.63) is 41.9 Å². The van der Waals surface area contributed by atoms with Crippen molar-refractivity contribution in [3.8, 4) is 11.1 Å². The summed E-state index contributed by atoms with van der Waals surface area (Å²) in [7, 11) is 1.93. The van der Waals surface area contributed by atoms with E-state index in [1.807, 2.05) is 42.5 Å². The number of likely N-dealkylation sites (N-methyl/N-ethyl adjacent to an activating group) is 1. The zero-order valence-electron chi connectivity index (χ0n) is 11.9. The molecule has 1 N–H and O–H groups in total. The third-order valence-electron chi connectivity index (χ3n) is 3.39. The molecule has 0 fully saturated rings. The molecule has 0 saturated carbocycles. The predicted octanol–water partition coefficient (Wildman–Crippen LogP) is 2.93. The van der Waals surface area contributed by atoms with Crippen molar-refractivity contribution >= 4 is 22.6 Å². The summed E-state index contributed by atoms with van der Waals surface area (Å²) in [5, 5.41) is 8.03. The largest absolute Gasteiger partial charge is 0.318 e. The molecule has 3 heterocycles. The van der Waals surface area contributed by atoms with Gasteiger partial charge in [0, 0.05) is 30.1 Å². The Hall–Kier alpha value is -1.98. The molecular weight excluding hydrogens is 286 g/mol. The minimum Gasteiger partial charge on any atom is -0.318 e. The molecule has 0 radical (unpaired) electrons. The number of halogens is 1. The Morgan fingerprint density at radius 1 is 1.24 bits per heavy atom. The van der Waals surface area contributed by atoms with Crippen LogP contribution < -0.4 is 5.32 Å². The van der Waals surface area contributed by atoms with Crippen LogP contribution in [0.1, 0.15) is 13.0 Å². The van der Waals surface area contributed by atoms with Crippen LogP contribution in [0.2, 0.25) is 5.15 Å². The molecular formula is C15H16ClN5. The predicted molar refractivity (Wildman–Crippen MR) is 84.4 cm³/mol. The smallest absolute Gasteiger partial charge is 0.129 e. The fourth-order valence-corrected chi connectivity index (χ4v) is 2.41. The van der Waals surface area contributed by atoms with E-state index in [4.69, 9.17) is 11.6 Å². The van der Waals surface area contributed by atoms with Gasteiger partial charge in [-0.15, -0.1) is 0 Å². The molecule has 0 aliphatic rings. The Morgan fingerprint density at radius 2 is 2.10 bits per heavy atom. The molecule has 0 saturated heterocycles. The van der Waals surface area contributed by atoms with Gasteiger partial charge in [0.05, 0.1) is 23.3 Å². The van der Waals surface area contributed by atoms with Gasteiger partial charge in [-0.3, -0.25) is 9.67 Å². The fourth-order valence-electron chi connectivity index (χ4n) is 2.26. The summed E-state index contributed by atoms with van der Waals surface area (Å²) in [6.07, 6.45) is 5.71. The lowest BCUT2D eigenvalue weighted by molar-refractivity contribution is 0.471. The van der Waals surface area contributed by atoms with Crippen molar-refractivity contribution < 1.29 is 0 Å².